The SMILES string of the molecule is CC(C)c1nc2c(c3c1C(c1ccc(C(F)(F)F)cc1)OC31CCCC1)C(O)CC(C)(C)C2.CCC(C)C. The van der Waals surface area contributed by atoms with Crippen LogP contribution in [0.25, 0.3) is 0 Å². The second kappa shape index (κ2) is 10.6. The second-order valence-electron chi connectivity index (χ2n) is 13.0. The van der Waals surface area contributed by atoms with Gasteiger partial charge >= 0.3 is 6.18 Å². The maximum absolute atomic E-state index is 13.2. The maximum atomic E-state index is 13.2. The lowest BCUT2D eigenvalue weighted by molar-refractivity contribution is -0.137. The lowest BCUT2D eigenvalue weighted by Crippen LogP contribution is -2.32. The number of hydrogen-bond donors (Lipinski definition) is 1. The largest absolute Gasteiger partial charge is 0.416 e. The van der Waals surface area contributed by atoms with E-state index in [1.165, 1.54) is 18.6 Å². The van der Waals surface area contributed by atoms with Crippen LogP contribution in [-0.2, 0) is 22.9 Å². The van der Waals surface area contributed by atoms with Crippen molar-refractivity contribution in [3.8, 4) is 0 Å². The Morgan fingerprint density at radius 2 is 1.61 bits per heavy atom. The van der Waals surface area contributed by atoms with Crippen molar-refractivity contribution in [1.29, 1.82) is 0 Å². The molecule has 1 aromatic heterocycles. The molecule has 1 aromatic carbocycles. The summed E-state index contributed by atoms with van der Waals surface area (Å²) in [7, 11) is 0. The molecule has 0 amide bonds. The Balaban J connectivity index is 0.000000617. The number of aromatic nitrogens is 1. The highest BCUT2D eigenvalue weighted by Crippen LogP contribution is 2.59. The van der Waals surface area contributed by atoms with Gasteiger partial charge in [0.25, 0.3) is 0 Å². The van der Waals surface area contributed by atoms with Crippen molar-refractivity contribution in [1.82, 2.24) is 4.98 Å². The van der Waals surface area contributed by atoms with Gasteiger partial charge in [0, 0.05) is 22.5 Å². The molecule has 2 atom stereocenters. The number of alkyl halides is 3. The first kappa shape index (κ1) is 29.1. The first-order chi connectivity index (χ1) is 17.7. The molecule has 1 spiro atoms. The maximum Gasteiger partial charge on any atom is 0.416 e. The summed E-state index contributed by atoms with van der Waals surface area (Å²) in [6, 6.07) is 5.34. The summed E-state index contributed by atoms with van der Waals surface area (Å²) >= 11 is 0. The number of aliphatic hydroxyl groups is 1. The average molecular weight is 532 g/mol. The molecule has 1 N–H and O–H groups in total. The van der Waals surface area contributed by atoms with E-state index in [9.17, 15) is 18.3 Å². The van der Waals surface area contributed by atoms with Crippen molar-refractivity contribution in [2.24, 2.45) is 11.3 Å². The third-order valence-electron chi connectivity index (χ3n) is 8.48. The van der Waals surface area contributed by atoms with Crippen molar-refractivity contribution in [3.05, 3.63) is 63.5 Å². The van der Waals surface area contributed by atoms with Crippen molar-refractivity contribution >= 4 is 0 Å². The highest BCUT2D eigenvalue weighted by Gasteiger charge is 2.52. The molecule has 3 nitrogen and oxygen atoms in total. The molecule has 5 rings (SSSR count). The summed E-state index contributed by atoms with van der Waals surface area (Å²) in [5.41, 5.74) is 4.40. The van der Waals surface area contributed by atoms with Gasteiger partial charge in [-0.15, -0.1) is 0 Å². The third kappa shape index (κ3) is 5.54. The van der Waals surface area contributed by atoms with Crippen LogP contribution in [0.4, 0.5) is 13.2 Å². The number of fused-ring (bicyclic) bond motifs is 4. The zero-order valence-corrected chi connectivity index (χ0v) is 24.0. The van der Waals surface area contributed by atoms with Gasteiger partial charge in [0.1, 0.15) is 6.10 Å². The highest BCUT2D eigenvalue weighted by atomic mass is 19.4. The van der Waals surface area contributed by atoms with Gasteiger partial charge in [-0.1, -0.05) is 79.9 Å². The summed E-state index contributed by atoms with van der Waals surface area (Å²) in [6.45, 7) is 15.2. The second-order valence-corrected chi connectivity index (χ2v) is 13.0. The van der Waals surface area contributed by atoms with E-state index in [2.05, 4.69) is 48.5 Å². The molecule has 2 heterocycles. The standard InChI is InChI=1S/C27H32F3NO2.C5H12/c1-15(2)23-21-22(20-18(31-23)13-25(3,4)14-19(20)32)26(11-5-6-12-26)33-24(21)16-7-9-17(10-8-16)27(28,29)30;1-4-5(2)3/h7-10,15,19,24,32H,5-6,11-14H2,1-4H3;5H,4H2,1-3H3. The molecular weight excluding hydrogens is 487 g/mol. The van der Waals surface area contributed by atoms with E-state index >= 15 is 0 Å². The van der Waals surface area contributed by atoms with Gasteiger partial charge in [0.2, 0.25) is 0 Å². The zero-order valence-electron chi connectivity index (χ0n) is 24.0. The molecule has 1 fully saturated rings. The zero-order chi connectivity index (χ0) is 28.0. The fourth-order valence-corrected chi connectivity index (χ4v) is 6.26. The molecule has 6 heteroatoms. The van der Waals surface area contributed by atoms with E-state index in [1.54, 1.807) is 0 Å². The number of rotatable bonds is 3. The minimum Gasteiger partial charge on any atom is -0.388 e. The van der Waals surface area contributed by atoms with Gasteiger partial charge in [-0.3, -0.25) is 4.98 Å². The average Bonchev–Trinajstić information content (AvgIpc) is 3.43. The van der Waals surface area contributed by atoms with E-state index in [1.807, 2.05) is 0 Å². The molecule has 210 valence electrons. The molecule has 0 saturated heterocycles. The van der Waals surface area contributed by atoms with Crippen molar-refractivity contribution in [2.75, 3.05) is 0 Å². The van der Waals surface area contributed by atoms with Crippen LogP contribution in [0, 0.1) is 11.3 Å². The number of halogens is 3. The number of pyridine rings is 1. The number of benzene rings is 1. The minimum atomic E-state index is -4.37. The summed E-state index contributed by atoms with van der Waals surface area (Å²) in [4.78, 5) is 5.10. The molecule has 38 heavy (non-hydrogen) atoms. The van der Waals surface area contributed by atoms with Gasteiger partial charge in [0.05, 0.1) is 17.3 Å². The van der Waals surface area contributed by atoms with Gasteiger partial charge in [-0.2, -0.15) is 13.2 Å². The number of hydrogen-bond acceptors (Lipinski definition) is 3. The van der Waals surface area contributed by atoms with Gasteiger partial charge in [-0.05, 0) is 66.2 Å². The monoisotopic (exact) mass is 531 g/mol. The Bertz CT molecular complexity index is 1130. The number of aliphatic hydroxyl groups excluding tert-OH is 1. The molecule has 1 aliphatic heterocycles. The van der Waals surface area contributed by atoms with Crippen molar-refractivity contribution in [2.45, 2.75) is 123 Å². The lowest BCUT2D eigenvalue weighted by atomic mass is 9.70. The van der Waals surface area contributed by atoms with Crippen molar-refractivity contribution in [3.63, 3.8) is 0 Å². The first-order valence-corrected chi connectivity index (χ1v) is 14.3. The van der Waals surface area contributed by atoms with Crippen LogP contribution in [0.2, 0.25) is 0 Å². The Kier molecular flexibility index (Phi) is 8.09. The third-order valence-corrected chi connectivity index (χ3v) is 8.48. The molecule has 0 bridgehead atoms. The van der Waals surface area contributed by atoms with E-state index in [0.29, 0.717) is 12.0 Å². The predicted octanol–water partition coefficient (Wildman–Crippen LogP) is 9.17. The summed E-state index contributed by atoms with van der Waals surface area (Å²) in [6.07, 6.45) is 1.10. The predicted molar refractivity (Wildman–Crippen MR) is 145 cm³/mol. The molecule has 2 aromatic rings. The lowest BCUT2D eigenvalue weighted by Gasteiger charge is -2.38. The fraction of sp³-hybridized carbons (Fsp3) is 0.656. The Hall–Kier alpha value is -1.92. The van der Waals surface area contributed by atoms with Crippen LogP contribution < -0.4 is 0 Å². The van der Waals surface area contributed by atoms with Crippen molar-refractivity contribution < 1.29 is 23.0 Å². The van der Waals surface area contributed by atoms with Gasteiger partial charge in [-0.25, -0.2) is 0 Å². The quantitative estimate of drug-likeness (QED) is 0.429. The van der Waals surface area contributed by atoms with Crippen LogP contribution >= 0.6 is 0 Å². The smallest absolute Gasteiger partial charge is 0.388 e. The topological polar surface area (TPSA) is 42.4 Å². The summed E-state index contributed by atoms with van der Waals surface area (Å²) in [5.74, 6) is 1.01. The van der Waals surface area contributed by atoms with Crippen LogP contribution in [0.15, 0.2) is 24.3 Å². The molecule has 2 unspecified atom stereocenters. The Labute approximate surface area is 226 Å². The van der Waals surface area contributed by atoms with E-state index in [0.717, 1.165) is 78.2 Å². The van der Waals surface area contributed by atoms with Gasteiger partial charge in [0.15, 0.2) is 0 Å². The Morgan fingerprint density at radius 3 is 2.11 bits per heavy atom. The van der Waals surface area contributed by atoms with Crippen LogP contribution in [-0.4, -0.2) is 10.1 Å². The van der Waals surface area contributed by atoms with E-state index < -0.39 is 29.5 Å². The Morgan fingerprint density at radius 1 is 1.03 bits per heavy atom. The first-order valence-electron chi connectivity index (χ1n) is 14.3. The van der Waals surface area contributed by atoms with Gasteiger partial charge < -0.3 is 9.84 Å². The fourth-order valence-electron chi connectivity index (χ4n) is 6.26. The van der Waals surface area contributed by atoms with Crippen LogP contribution in [0.5, 0.6) is 0 Å². The van der Waals surface area contributed by atoms with Crippen LogP contribution in [0.1, 0.15) is 144 Å². The molecule has 0 radical (unpaired) electrons. The molecule has 3 aliphatic rings. The summed E-state index contributed by atoms with van der Waals surface area (Å²) in [5, 5.41) is 11.3. The van der Waals surface area contributed by atoms with Crippen LogP contribution in [0.3, 0.4) is 0 Å². The number of ether oxygens (including phenoxy) is 1. The minimum absolute atomic E-state index is 0.0446. The summed E-state index contributed by atoms with van der Waals surface area (Å²) < 4.78 is 46.3. The molecular formula is C32H44F3NO2. The number of nitrogens with zero attached hydrogens (tertiary/aromatic N) is 1. The highest BCUT2D eigenvalue weighted by molar-refractivity contribution is 5.54. The van der Waals surface area contributed by atoms with E-state index in [-0.39, 0.29) is 11.3 Å². The van der Waals surface area contributed by atoms with E-state index in [4.69, 9.17) is 9.72 Å². The molecule has 1 saturated carbocycles. The normalized spacial score (nSPS) is 23.4. The molecule has 2 aliphatic carbocycles.